The summed E-state index contributed by atoms with van der Waals surface area (Å²) in [5.41, 5.74) is 0.485. The van der Waals surface area contributed by atoms with Gasteiger partial charge in [0, 0.05) is 51.5 Å². The van der Waals surface area contributed by atoms with E-state index in [0.717, 1.165) is 0 Å². The Morgan fingerprint density at radius 2 is 1.47 bits per heavy atom. The summed E-state index contributed by atoms with van der Waals surface area (Å²) in [6, 6.07) is 2.59. The van der Waals surface area contributed by atoms with E-state index in [1.54, 1.807) is 9.80 Å². The minimum atomic E-state index is -2.19. The van der Waals surface area contributed by atoms with Gasteiger partial charge in [0.05, 0.1) is 45.3 Å². The SMILES string of the molecule is COCCN(CCOC)c1nc(C(=O)NC(CC(=O)O)C(O)O)c(N2CCOCC2)nc1-c1ccc(C(=O)NC(CC(=O)O)C(=O)O)cc1. The number of rotatable bonds is 19. The number of aromatic nitrogens is 2. The van der Waals surface area contributed by atoms with Crippen LogP contribution in [0.4, 0.5) is 11.6 Å². The predicted octanol–water partition coefficient (Wildman–Crippen LogP) is -1.38. The molecule has 7 N–H and O–H groups in total. The van der Waals surface area contributed by atoms with Crippen LogP contribution in [0.15, 0.2) is 24.3 Å². The first-order valence-electron chi connectivity index (χ1n) is 15.1. The first kappa shape index (κ1) is 38.5. The number of ether oxygens (including phenoxy) is 3. The number of carbonyl (C=O) groups excluding carboxylic acids is 2. The quantitative estimate of drug-likeness (QED) is 0.0836. The topological polar surface area (TPSA) is 271 Å². The lowest BCUT2D eigenvalue weighted by atomic mass is 10.1. The van der Waals surface area contributed by atoms with Crippen LogP contribution in [0.25, 0.3) is 11.3 Å². The maximum absolute atomic E-state index is 13.7. The molecule has 3 rings (SSSR count). The van der Waals surface area contributed by atoms with Crippen molar-refractivity contribution in [1.82, 2.24) is 20.6 Å². The molecule has 0 radical (unpaired) electrons. The largest absolute Gasteiger partial charge is 0.481 e. The van der Waals surface area contributed by atoms with Gasteiger partial charge in [-0.1, -0.05) is 12.1 Å². The molecule has 2 atom stereocenters. The second-order valence-electron chi connectivity index (χ2n) is 10.8. The van der Waals surface area contributed by atoms with Gasteiger partial charge in [-0.25, -0.2) is 14.8 Å². The lowest BCUT2D eigenvalue weighted by molar-refractivity contribution is -0.145. The van der Waals surface area contributed by atoms with Gasteiger partial charge in [-0.05, 0) is 12.1 Å². The van der Waals surface area contributed by atoms with Crippen LogP contribution in [-0.4, -0.2) is 150 Å². The standard InChI is InChI=1S/C30H40N6O13/c1-47-11-7-35(8-12-48-2)25-23(17-3-5-18(6-4-17)27(41)31-19(29(43)44)15-21(37)38)33-26(36-9-13-49-14-10-36)24(34-25)28(42)32-20(30(45)46)16-22(39)40/h3-6,19-20,30,45-46H,7-16H2,1-2H3,(H,31,41)(H,32,42)(H,37,38)(H,39,40)(H,43,44). The predicted molar refractivity (Wildman–Crippen MR) is 169 cm³/mol. The van der Waals surface area contributed by atoms with E-state index >= 15 is 0 Å². The van der Waals surface area contributed by atoms with Gasteiger partial charge in [-0.2, -0.15) is 0 Å². The summed E-state index contributed by atoms with van der Waals surface area (Å²) in [7, 11) is 3.00. The van der Waals surface area contributed by atoms with Crippen LogP contribution < -0.4 is 20.4 Å². The fourth-order valence-electron chi connectivity index (χ4n) is 4.76. The van der Waals surface area contributed by atoms with Crippen molar-refractivity contribution in [1.29, 1.82) is 0 Å². The van der Waals surface area contributed by atoms with Gasteiger partial charge < -0.3 is 60.2 Å². The van der Waals surface area contributed by atoms with Crippen molar-refractivity contribution in [3.8, 4) is 11.3 Å². The number of carboxylic acid groups (broad SMARTS) is 3. The monoisotopic (exact) mass is 692 g/mol. The molecule has 268 valence electrons. The number of nitrogens with one attached hydrogen (secondary N) is 2. The second-order valence-corrected chi connectivity index (χ2v) is 10.8. The number of aliphatic hydroxyl groups is 2. The van der Waals surface area contributed by atoms with Crippen LogP contribution in [0.3, 0.4) is 0 Å². The van der Waals surface area contributed by atoms with Crippen molar-refractivity contribution in [2.75, 3.05) is 76.6 Å². The molecule has 1 aromatic heterocycles. The summed E-state index contributed by atoms with van der Waals surface area (Å²) >= 11 is 0. The fraction of sp³-hybridized carbons (Fsp3) is 0.500. The van der Waals surface area contributed by atoms with Crippen molar-refractivity contribution < 1.29 is 63.7 Å². The highest BCUT2D eigenvalue weighted by atomic mass is 16.5. The molecule has 1 aliphatic heterocycles. The highest BCUT2D eigenvalue weighted by molar-refractivity contribution is 5.99. The number of aliphatic carboxylic acids is 3. The molecule has 49 heavy (non-hydrogen) atoms. The Balaban J connectivity index is 2.17. The summed E-state index contributed by atoms with van der Waals surface area (Å²) in [6.07, 6.45) is -3.80. The number of methoxy groups -OCH3 is 2. The Bertz CT molecular complexity index is 1460. The number of carboxylic acids is 3. The van der Waals surface area contributed by atoms with E-state index in [4.69, 9.17) is 29.3 Å². The molecule has 19 nitrogen and oxygen atoms in total. The molecule has 1 saturated heterocycles. The van der Waals surface area contributed by atoms with E-state index in [-0.39, 0.29) is 54.9 Å². The van der Waals surface area contributed by atoms with Crippen LogP contribution in [0, 0.1) is 0 Å². The Kier molecular flexibility index (Phi) is 14.6. The molecule has 0 saturated carbocycles. The molecule has 2 amide bonds. The van der Waals surface area contributed by atoms with Gasteiger partial charge in [0.1, 0.15) is 11.7 Å². The number of anilines is 2. The second kappa shape index (κ2) is 18.6. The highest BCUT2D eigenvalue weighted by Crippen LogP contribution is 2.32. The molecule has 1 aromatic carbocycles. The molecule has 2 aromatic rings. The number of hydrogen-bond acceptors (Lipinski definition) is 14. The summed E-state index contributed by atoms with van der Waals surface area (Å²) in [6.45, 7) is 2.21. The summed E-state index contributed by atoms with van der Waals surface area (Å²) < 4.78 is 16.0. The first-order valence-corrected chi connectivity index (χ1v) is 15.1. The minimum Gasteiger partial charge on any atom is -0.481 e. The average Bonchev–Trinajstić information content (AvgIpc) is 3.07. The minimum absolute atomic E-state index is 0.0296. The zero-order valence-electron chi connectivity index (χ0n) is 26.9. The number of nitrogens with zero attached hydrogens (tertiary/aromatic N) is 4. The summed E-state index contributed by atoms with van der Waals surface area (Å²) in [5, 5.41) is 51.6. The number of morpholine rings is 1. The number of hydrogen-bond donors (Lipinski definition) is 7. The van der Waals surface area contributed by atoms with Crippen molar-refractivity contribution in [3.05, 3.63) is 35.5 Å². The number of carbonyl (C=O) groups is 5. The third-order valence-electron chi connectivity index (χ3n) is 7.29. The molecule has 0 bridgehead atoms. The van der Waals surface area contributed by atoms with Crippen LogP contribution in [0.2, 0.25) is 0 Å². The van der Waals surface area contributed by atoms with Crippen LogP contribution in [-0.2, 0) is 28.6 Å². The Morgan fingerprint density at radius 3 is 1.98 bits per heavy atom. The van der Waals surface area contributed by atoms with E-state index in [0.29, 0.717) is 31.9 Å². The van der Waals surface area contributed by atoms with E-state index in [2.05, 4.69) is 10.6 Å². The normalized spacial score (nSPS) is 14.2. The summed E-state index contributed by atoms with van der Waals surface area (Å²) in [5.74, 6) is -5.76. The van der Waals surface area contributed by atoms with Crippen molar-refractivity contribution >= 4 is 41.4 Å². The van der Waals surface area contributed by atoms with Gasteiger partial charge in [-0.3, -0.25) is 19.2 Å². The van der Waals surface area contributed by atoms with E-state index in [9.17, 15) is 44.4 Å². The molecule has 1 aliphatic rings. The molecular weight excluding hydrogens is 652 g/mol. The lowest BCUT2D eigenvalue weighted by Gasteiger charge is -2.32. The average molecular weight is 693 g/mol. The lowest BCUT2D eigenvalue weighted by Crippen LogP contribution is -2.46. The number of benzene rings is 1. The molecule has 0 spiro atoms. The van der Waals surface area contributed by atoms with Gasteiger partial charge in [0.15, 0.2) is 23.6 Å². The molecule has 2 heterocycles. The molecule has 19 heteroatoms. The Labute approximate surface area is 280 Å². The Hall–Kier alpha value is -4.95. The smallest absolute Gasteiger partial charge is 0.326 e. The fourth-order valence-corrected chi connectivity index (χ4v) is 4.76. The first-order chi connectivity index (χ1) is 23.4. The van der Waals surface area contributed by atoms with E-state index in [1.807, 2.05) is 0 Å². The van der Waals surface area contributed by atoms with Gasteiger partial charge in [-0.15, -0.1) is 0 Å². The molecule has 0 aliphatic carbocycles. The van der Waals surface area contributed by atoms with Gasteiger partial charge >= 0.3 is 17.9 Å². The Morgan fingerprint density at radius 1 is 0.878 bits per heavy atom. The highest BCUT2D eigenvalue weighted by Gasteiger charge is 2.31. The van der Waals surface area contributed by atoms with Crippen molar-refractivity contribution in [2.24, 2.45) is 0 Å². The van der Waals surface area contributed by atoms with Gasteiger partial charge in [0.25, 0.3) is 11.8 Å². The van der Waals surface area contributed by atoms with Crippen LogP contribution in [0.1, 0.15) is 33.7 Å². The van der Waals surface area contributed by atoms with Crippen molar-refractivity contribution in [2.45, 2.75) is 31.2 Å². The third-order valence-corrected chi connectivity index (χ3v) is 7.29. The molecular formula is C30H40N6O13. The number of aliphatic hydroxyl groups excluding tert-OH is 1. The van der Waals surface area contributed by atoms with Gasteiger partial charge in [0.2, 0.25) is 0 Å². The number of amides is 2. The van der Waals surface area contributed by atoms with Crippen LogP contribution in [0.5, 0.6) is 0 Å². The van der Waals surface area contributed by atoms with E-state index < -0.39 is 60.9 Å². The maximum Gasteiger partial charge on any atom is 0.326 e. The summed E-state index contributed by atoms with van der Waals surface area (Å²) in [4.78, 5) is 73.4. The zero-order chi connectivity index (χ0) is 36.1. The third kappa shape index (κ3) is 11.0. The maximum atomic E-state index is 13.7. The van der Waals surface area contributed by atoms with Crippen molar-refractivity contribution in [3.63, 3.8) is 0 Å². The zero-order valence-corrected chi connectivity index (χ0v) is 26.9. The van der Waals surface area contributed by atoms with Crippen LogP contribution >= 0.6 is 0 Å². The molecule has 2 unspecified atom stereocenters. The molecule has 1 fully saturated rings. The van der Waals surface area contributed by atoms with E-state index in [1.165, 1.54) is 38.5 Å².